The summed E-state index contributed by atoms with van der Waals surface area (Å²) in [6, 6.07) is 8.62. The molecule has 1 aliphatic carbocycles. The van der Waals surface area contributed by atoms with Crippen molar-refractivity contribution in [1.82, 2.24) is 9.27 Å². The zero-order valence-electron chi connectivity index (χ0n) is 17.8. The lowest BCUT2D eigenvalue weighted by Crippen LogP contribution is -2.47. The van der Waals surface area contributed by atoms with Crippen molar-refractivity contribution in [2.75, 3.05) is 37.6 Å². The zero-order chi connectivity index (χ0) is 21.0. The normalized spacial score (nSPS) is 22.7. The van der Waals surface area contributed by atoms with Gasteiger partial charge < -0.3 is 15.7 Å². The predicted octanol–water partition coefficient (Wildman–Crippen LogP) is 4.50. The van der Waals surface area contributed by atoms with E-state index in [1.165, 1.54) is 54.8 Å². The molecule has 0 unspecified atom stereocenters. The first-order valence-electron chi connectivity index (χ1n) is 10.5. The Morgan fingerprint density at radius 2 is 1.83 bits per heavy atom. The number of primary amides is 1. The van der Waals surface area contributed by atoms with Gasteiger partial charge in [-0.15, -0.1) is 0 Å². The number of nitrogens with two attached hydrogens (primary N) is 1. The lowest BCUT2D eigenvalue weighted by atomic mass is 9.62. The average Bonchev–Trinajstić information content (AvgIpc) is 3.03. The molecule has 3 N–H and O–H groups in total. The Morgan fingerprint density at radius 3 is 2.45 bits per heavy atom. The van der Waals surface area contributed by atoms with Gasteiger partial charge in [0.1, 0.15) is 5.82 Å². The smallest absolute Gasteiger partial charge is 0.402 e. The van der Waals surface area contributed by atoms with Gasteiger partial charge in [-0.25, -0.2) is 4.79 Å². The molecule has 1 saturated carbocycles. The highest BCUT2D eigenvalue weighted by Gasteiger charge is 2.36. The van der Waals surface area contributed by atoms with E-state index in [4.69, 9.17) is 14.3 Å². The molecule has 1 aliphatic heterocycles. The van der Waals surface area contributed by atoms with Crippen LogP contribution in [0.5, 0.6) is 0 Å². The zero-order valence-corrected chi connectivity index (χ0v) is 18.6. The molecule has 2 fully saturated rings. The van der Waals surface area contributed by atoms with Gasteiger partial charge >= 0.3 is 6.09 Å². The molecular weight excluding hydrogens is 384 g/mol. The van der Waals surface area contributed by atoms with Gasteiger partial charge in [0.05, 0.1) is 4.70 Å². The quantitative estimate of drug-likeness (QED) is 0.764. The summed E-state index contributed by atoms with van der Waals surface area (Å²) in [5, 5.41) is 8.52. The first-order chi connectivity index (χ1) is 13.7. The van der Waals surface area contributed by atoms with Crippen molar-refractivity contribution in [3.05, 3.63) is 24.3 Å². The number of carboxylic acid groups (broad SMARTS) is 1. The number of amides is 1. The highest BCUT2D eigenvalue weighted by Crippen LogP contribution is 2.46. The van der Waals surface area contributed by atoms with E-state index >= 15 is 0 Å². The molecular formula is C22H34N4O2S. The van der Waals surface area contributed by atoms with Crippen molar-refractivity contribution in [2.45, 2.75) is 40.0 Å². The summed E-state index contributed by atoms with van der Waals surface area (Å²) in [5.41, 5.74) is 4.54. The van der Waals surface area contributed by atoms with Crippen molar-refractivity contribution in [3.63, 3.8) is 0 Å². The van der Waals surface area contributed by atoms with Crippen LogP contribution in [0.2, 0.25) is 0 Å². The molecule has 1 amide bonds. The number of benzene rings is 1. The maximum atomic E-state index is 8.78. The van der Waals surface area contributed by atoms with Gasteiger partial charge in [-0.3, -0.25) is 4.90 Å². The van der Waals surface area contributed by atoms with Crippen LogP contribution in [0.25, 0.3) is 10.1 Å². The summed E-state index contributed by atoms with van der Waals surface area (Å²) in [4.78, 5) is 13.9. The Hall–Kier alpha value is -1.86. The summed E-state index contributed by atoms with van der Waals surface area (Å²) >= 11 is 1.63. The largest absolute Gasteiger partial charge is 0.465 e. The number of aromatic nitrogens is 1. The second-order valence-corrected chi connectivity index (χ2v) is 10.2. The van der Waals surface area contributed by atoms with Gasteiger partial charge in [-0.05, 0) is 66.7 Å². The van der Waals surface area contributed by atoms with Crippen LogP contribution in [0.3, 0.4) is 0 Å². The Bertz CT molecular complexity index is 798. The fourth-order valence-corrected chi connectivity index (χ4v) is 5.12. The first-order valence-corrected chi connectivity index (χ1v) is 11.3. The van der Waals surface area contributed by atoms with Gasteiger partial charge in [-0.2, -0.15) is 4.37 Å². The molecule has 0 bridgehead atoms. The van der Waals surface area contributed by atoms with E-state index in [-0.39, 0.29) is 0 Å². The maximum Gasteiger partial charge on any atom is 0.402 e. The van der Waals surface area contributed by atoms with E-state index in [1.807, 2.05) is 0 Å². The standard InChI is InChI=1S/C21H31N3S.CH3NO2/c1-21(2,3)17-14-16(15-17)8-9-23-10-12-24(13-11-23)20-18-6-4-5-7-19(18)25-22-20;2-1(3)4/h4-7,16-17H,8-15H2,1-3H3;2H2,(H,3,4). The SMILES string of the molecule is CC(C)(C)C1CC(CCN2CCN(c3nsc4ccccc34)CC2)C1.NC(=O)O. The van der Waals surface area contributed by atoms with Crippen molar-refractivity contribution in [1.29, 1.82) is 0 Å². The molecule has 1 aromatic heterocycles. The minimum Gasteiger partial charge on any atom is -0.465 e. The lowest BCUT2D eigenvalue weighted by molar-refractivity contribution is 0.0630. The van der Waals surface area contributed by atoms with E-state index < -0.39 is 6.09 Å². The molecule has 0 atom stereocenters. The summed E-state index contributed by atoms with van der Waals surface area (Å²) in [6.07, 6.45) is 2.97. The summed E-state index contributed by atoms with van der Waals surface area (Å²) in [7, 11) is 0. The number of piperazine rings is 1. The highest BCUT2D eigenvalue weighted by molar-refractivity contribution is 7.13. The summed E-state index contributed by atoms with van der Waals surface area (Å²) in [5.74, 6) is 3.13. The van der Waals surface area contributed by atoms with Crippen LogP contribution < -0.4 is 10.6 Å². The molecule has 1 aromatic carbocycles. The van der Waals surface area contributed by atoms with Crippen molar-refractivity contribution in [3.8, 4) is 0 Å². The Balaban J connectivity index is 0.000000552. The fraction of sp³-hybridized carbons (Fsp3) is 0.636. The number of nitrogens with zero attached hydrogens (tertiary/aromatic N) is 3. The van der Waals surface area contributed by atoms with Gasteiger partial charge in [0.15, 0.2) is 0 Å². The van der Waals surface area contributed by atoms with Gasteiger partial charge in [-0.1, -0.05) is 32.9 Å². The highest BCUT2D eigenvalue weighted by atomic mass is 32.1. The number of hydrogen-bond acceptors (Lipinski definition) is 5. The van der Waals surface area contributed by atoms with Crippen LogP contribution in [0.1, 0.15) is 40.0 Å². The van der Waals surface area contributed by atoms with Crippen molar-refractivity contribution in [2.24, 2.45) is 23.0 Å². The molecule has 0 radical (unpaired) electrons. The molecule has 2 aliphatic rings. The van der Waals surface area contributed by atoms with Crippen LogP contribution in [-0.4, -0.2) is 53.2 Å². The molecule has 29 heavy (non-hydrogen) atoms. The minimum absolute atomic E-state index is 0.512. The lowest BCUT2D eigenvalue weighted by Gasteiger charge is -2.45. The van der Waals surface area contributed by atoms with E-state index in [1.54, 1.807) is 11.5 Å². The fourth-order valence-electron chi connectivity index (χ4n) is 4.33. The van der Waals surface area contributed by atoms with Crippen LogP contribution in [0.4, 0.5) is 10.6 Å². The predicted molar refractivity (Wildman–Crippen MR) is 121 cm³/mol. The van der Waals surface area contributed by atoms with Crippen molar-refractivity contribution >= 4 is 33.5 Å². The van der Waals surface area contributed by atoms with Gasteiger partial charge in [0, 0.05) is 31.6 Å². The Morgan fingerprint density at radius 1 is 1.21 bits per heavy atom. The maximum absolute atomic E-state index is 8.78. The molecule has 0 spiro atoms. The topological polar surface area (TPSA) is 82.7 Å². The number of carbonyl (C=O) groups is 1. The van der Waals surface area contributed by atoms with E-state index in [9.17, 15) is 0 Å². The molecule has 7 heteroatoms. The third-order valence-corrected chi connectivity index (χ3v) is 7.16. The summed E-state index contributed by atoms with van der Waals surface area (Å²) < 4.78 is 6.02. The Labute approximate surface area is 177 Å². The minimum atomic E-state index is -1.33. The second kappa shape index (κ2) is 9.30. The second-order valence-electron chi connectivity index (χ2n) is 9.36. The number of fused-ring (bicyclic) bond motifs is 1. The van der Waals surface area contributed by atoms with Crippen LogP contribution in [0.15, 0.2) is 24.3 Å². The third-order valence-electron chi connectivity index (χ3n) is 6.34. The number of anilines is 1. The number of rotatable bonds is 4. The molecule has 2 aromatic rings. The third kappa shape index (κ3) is 5.82. The van der Waals surface area contributed by atoms with Crippen LogP contribution in [-0.2, 0) is 0 Å². The number of hydrogen-bond donors (Lipinski definition) is 2. The Kier molecular flexibility index (Phi) is 7.01. The molecule has 6 nitrogen and oxygen atoms in total. The monoisotopic (exact) mass is 418 g/mol. The molecule has 160 valence electrons. The van der Waals surface area contributed by atoms with Gasteiger partial charge in [0.25, 0.3) is 0 Å². The average molecular weight is 419 g/mol. The molecule has 1 saturated heterocycles. The van der Waals surface area contributed by atoms with E-state index in [0.29, 0.717) is 5.41 Å². The molecule has 2 heterocycles. The summed E-state index contributed by atoms with van der Waals surface area (Å²) in [6.45, 7) is 13.1. The van der Waals surface area contributed by atoms with E-state index in [2.05, 4.69) is 60.6 Å². The molecule has 4 rings (SSSR count). The van der Waals surface area contributed by atoms with Gasteiger partial charge in [0.2, 0.25) is 0 Å². The van der Waals surface area contributed by atoms with Crippen LogP contribution in [0, 0.1) is 17.3 Å². The van der Waals surface area contributed by atoms with E-state index in [0.717, 1.165) is 24.9 Å². The van der Waals surface area contributed by atoms with Crippen LogP contribution >= 0.6 is 11.5 Å². The van der Waals surface area contributed by atoms with Crippen molar-refractivity contribution < 1.29 is 9.90 Å². The first kappa shape index (κ1) is 21.8.